The maximum absolute atomic E-state index is 12.7. The summed E-state index contributed by atoms with van der Waals surface area (Å²) in [7, 11) is 0. The van der Waals surface area contributed by atoms with Crippen LogP contribution in [0.3, 0.4) is 0 Å². The second-order valence-corrected chi connectivity index (χ2v) is 7.97. The first-order valence-corrected chi connectivity index (χ1v) is 10.2. The second-order valence-electron chi connectivity index (χ2n) is 7.97. The van der Waals surface area contributed by atoms with E-state index in [4.69, 9.17) is 4.74 Å². The number of carbonyl (C=O) groups is 1. The van der Waals surface area contributed by atoms with Gasteiger partial charge in [0.1, 0.15) is 17.9 Å². The van der Waals surface area contributed by atoms with Crippen LogP contribution in [0.15, 0.2) is 36.7 Å². The van der Waals surface area contributed by atoms with Crippen LogP contribution in [0.4, 0.5) is 0 Å². The van der Waals surface area contributed by atoms with Crippen LogP contribution in [0.5, 0.6) is 5.75 Å². The predicted octanol–water partition coefficient (Wildman–Crippen LogP) is 2.19. The second kappa shape index (κ2) is 8.31. The molecule has 0 saturated carbocycles. The summed E-state index contributed by atoms with van der Waals surface area (Å²) >= 11 is 0. The summed E-state index contributed by atoms with van der Waals surface area (Å²) in [6.07, 6.45) is 5.03. The highest BCUT2D eigenvalue weighted by atomic mass is 16.5. The fraction of sp³-hybridized carbons (Fsp3) is 0.571. The van der Waals surface area contributed by atoms with Crippen LogP contribution in [-0.2, 0) is 17.9 Å². The first kappa shape index (κ1) is 18.9. The average Bonchev–Trinajstić information content (AvgIpc) is 3.34. The monoisotopic (exact) mass is 383 g/mol. The number of rotatable bonds is 6. The lowest BCUT2D eigenvalue weighted by Gasteiger charge is -2.40. The molecule has 0 N–H and O–H groups in total. The minimum atomic E-state index is 0.0899. The lowest BCUT2D eigenvalue weighted by atomic mass is 9.79. The first-order valence-electron chi connectivity index (χ1n) is 10.2. The van der Waals surface area contributed by atoms with Crippen molar-refractivity contribution in [3.63, 3.8) is 0 Å². The van der Waals surface area contributed by atoms with Gasteiger partial charge >= 0.3 is 0 Å². The van der Waals surface area contributed by atoms with E-state index in [2.05, 4.69) is 21.9 Å². The molecule has 2 aliphatic heterocycles. The number of aromatic nitrogens is 3. The van der Waals surface area contributed by atoms with E-state index in [-0.39, 0.29) is 17.9 Å². The van der Waals surface area contributed by atoms with Gasteiger partial charge in [0.2, 0.25) is 0 Å². The minimum absolute atomic E-state index is 0.0899. The van der Waals surface area contributed by atoms with E-state index in [9.17, 15) is 4.79 Å². The van der Waals surface area contributed by atoms with Crippen LogP contribution in [0.25, 0.3) is 0 Å². The Balaban J connectivity index is 1.32. The van der Waals surface area contributed by atoms with Gasteiger partial charge in [-0.05, 0) is 44.9 Å². The molecule has 28 heavy (non-hydrogen) atoms. The Morgan fingerprint density at radius 3 is 2.86 bits per heavy atom. The van der Waals surface area contributed by atoms with E-state index in [0.29, 0.717) is 0 Å². The highest BCUT2D eigenvalue weighted by Crippen LogP contribution is 2.39. The zero-order valence-electron chi connectivity index (χ0n) is 16.6. The van der Waals surface area contributed by atoms with Crippen molar-refractivity contribution in [2.75, 3.05) is 32.8 Å². The lowest BCUT2D eigenvalue weighted by Crippen LogP contribution is -2.48. The van der Waals surface area contributed by atoms with E-state index in [1.807, 2.05) is 39.9 Å². The molecule has 1 spiro atoms. The summed E-state index contributed by atoms with van der Waals surface area (Å²) in [5.41, 5.74) is 0.206. The standard InChI is InChI=1S/C21H29N5O2/c1-2-26-19(22-17-23-26)13-24-12-10-21(15-24)9-6-11-25(16-21)20(27)14-28-18-7-4-3-5-8-18/h3-5,7-8,17H,2,6,9-16H2,1H3. The number of hydrogen-bond acceptors (Lipinski definition) is 5. The highest BCUT2D eigenvalue weighted by Gasteiger charge is 2.42. The molecule has 7 heteroatoms. The molecular weight excluding hydrogens is 354 g/mol. The Morgan fingerprint density at radius 2 is 2.04 bits per heavy atom. The fourth-order valence-electron chi connectivity index (χ4n) is 4.54. The van der Waals surface area contributed by atoms with Crippen LogP contribution in [0, 0.1) is 5.41 Å². The molecule has 2 fully saturated rings. The Kier molecular flexibility index (Phi) is 5.62. The molecule has 0 bridgehead atoms. The smallest absolute Gasteiger partial charge is 0.260 e. The van der Waals surface area contributed by atoms with E-state index < -0.39 is 0 Å². The third-order valence-corrected chi connectivity index (χ3v) is 6.00. The summed E-state index contributed by atoms with van der Waals surface area (Å²) in [4.78, 5) is 21.6. The number of ether oxygens (including phenoxy) is 1. The number of aryl methyl sites for hydroxylation is 1. The van der Waals surface area contributed by atoms with Gasteiger partial charge in [0.05, 0.1) is 6.54 Å². The zero-order chi connectivity index (χ0) is 19.4. The van der Waals surface area contributed by atoms with E-state index in [1.165, 1.54) is 6.42 Å². The van der Waals surface area contributed by atoms with Crippen LogP contribution < -0.4 is 4.74 Å². The molecule has 2 aromatic rings. The molecule has 1 unspecified atom stereocenters. The molecule has 0 aliphatic carbocycles. The third-order valence-electron chi connectivity index (χ3n) is 6.00. The Hall–Kier alpha value is -2.41. The first-order chi connectivity index (χ1) is 13.7. The number of piperidine rings is 1. The Morgan fingerprint density at radius 1 is 1.18 bits per heavy atom. The van der Waals surface area contributed by atoms with Gasteiger partial charge in [0, 0.05) is 31.6 Å². The van der Waals surface area contributed by atoms with Crippen LogP contribution >= 0.6 is 0 Å². The van der Waals surface area contributed by atoms with Crippen molar-refractivity contribution < 1.29 is 9.53 Å². The molecule has 1 atom stereocenters. The minimum Gasteiger partial charge on any atom is -0.484 e. The molecule has 1 aromatic heterocycles. The molecular formula is C21H29N5O2. The molecule has 3 heterocycles. The summed E-state index contributed by atoms with van der Waals surface area (Å²) in [5.74, 6) is 1.86. The van der Waals surface area contributed by atoms with E-state index >= 15 is 0 Å². The molecule has 1 aromatic carbocycles. The van der Waals surface area contributed by atoms with Gasteiger partial charge in [-0.25, -0.2) is 9.67 Å². The molecule has 2 aliphatic rings. The van der Waals surface area contributed by atoms with Gasteiger partial charge in [-0.15, -0.1) is 0 Å². The molecule has 7 nitrogen and oxygen atoms in total. The van der Waals surface area contributed by atoms with Crippen molar-refractivity contribution in [2.24, 2.45) is 5.41 Å². The lowest BCUT2D eigenvalue weighted by molar-refractivity contribution is -0.136. The van der Waals surface area contributed by atoms with Gasteiger partial charge in [0.15, 0.2) is 6.61 Å². The van der Waals surface area contributed by atoms with Gasteiger partial charge in [-0.2, -0.15) is 5.10 Å². The average molecular weight is 383 g/mol. The number of likely N-dealkylation sites (tertiary alicyclic amines) is 2. The number of nitrogens with zero attached hydrogens (tertiary/aromatic N) is 5. The summed E-state index contributed by atoms with van der Waals surface area (Å²) in [6.45, 7) is 7.63. The zero-order valence-corrected chi connectivity index (χ0v) is 16.6. The highest BCUT2D eigenvalue weighted by molar-refractivity contribution is 5.78. The van der Waals surface area contributed by atoms with Gasteiger partial charge < -0.3 is 9.64 Å². The van der Waals surface area contributed by atoms with Crippen molar-refractivity contribution in [1.82, 2.24) is 24.6 Å². The van der Waals surface area contributed by atoms with Crippen LogP contribution in [0.1, 0.15) is 32.0 Å². The molecule has 0 radical (unpaired) electrons. The van der Waals surface area contributed by atoms with Crippen molar-refractivity contribution in [1.29, 1.82) is 0 Å². The van der Waals surface area contributed by atoms with Crippen LogP contribution in [-0.4, -0.2) is 63.3 Å². The molecule has 1 amide bonds. The SMILES string of the molecule is CCn1ncnc1CN1CCC2(CCCN(C(=O)COc3ccccc3)C2)C1. The topological polar surface area (TPSA) is 63.5 Å². The van der Waals surface area contributed by atoms with Crippen molar-refractivity contribution in [3.05, 3.63) is 42.5 Å². The quantitative estimate of drug-likeness (QED) is 0.765. The van der Waals surface area contributed by atoms with Crippen molar-refractivity contribution >= 4 is 5.91 Å². The molecule has 2 saturated heterocycles. The van der Waals surface area contributed by atoms with E-state index in [0.717, 1.165) is 63.7 Å². The van der Waals surface area contributed by atoms with E-state index in [1.54, 1.807) is 6.33 Å². The maximum Gasteiger partial charge on any atom is 0.260 e. The van der Waals surface area contributed by atoms with Crippen molar-refractivity contribution in [2.45, 2.75) is 39.3 Å². The summed E-state index contributed by atoms with van der Waals surface area (Å²) in [5, 5.41) is 4.27. The number of hydrogen-bond donors (Lipinski definition) is 0. The summed E-state index contributed by atoms with van der Waals surface area (Å²) < 4.78 is 7.63. The van der Waals surface area contributed by atoms with Gasteiger partial charge in [-0.1, -0.05) is 18.2 Å². The van der Waals surface area contributed by atoms with Gasteiger partial charge in [-0.3, -0.25) is 9.69 Å². The van der Waals surface area contributed by atoms with Crippen molar-refractivity contribution in [3.8, 4) is 5.75 Å². The third kappa shape index (κ3) is 4.19. The number of amides is 1. The number of benzene rings is 1. The van der Waals surface area contributed by atoms with Gasteiger partial charge in [0.25, 0.3) is 5.91 Å². The Bertz CT molecular complexity index is 793. The largest absolute Gasteiger partial charge is 0.484 e. The number of para-hydroxylation sites is 1. The maximum atomic E-state index is 12.7. The fourth-order valence-corrected chi connectivity index (χ4v) is 4.54. The molecule has 4 rings (SSSR count). The Labute approximate surface area is 166 Å². The summed E-state index contributed by atoms with van der Waals surface area (Å²) in [6, 6.07) is 9.55. The predicted molar refractivity (Wildman–Crippen MR) is 106 cm³/mol. The molecule has 150 valence electrons. The normalized spacial score (nSPS) is 22.7. The number of carbonyl (C=O) groups excluding carboxylic acids is 1. The van der Waals surface area contributed by atoms with Crippen LogP contribution in [0.2, 0.25) is 0 Å².